The number of hydrogen-bond acceptors (Lipinski definition) is 4. The molecule has 0 radical (unpaired) electrons. The van der Waals surface area contributed by atoms with Gasteiger partial charge in [-0.05, 0) is 24.5 Å². The molecule has 0 aliphatic heterocycles. The van der Waals surface area contributed by atoms with Gasteiger partial charge in [0.25, 0.3) is 0 Å². The van der Waals surface area contributed by atoms with Crippen LogP contribution in [0.5, 0.6) is 0 Å². The molecule has 0 saturated heterocycles. The lowest BCUT2D eigenvalue weighted by Crippen LogP contribution is -1.97. The van der Waals surface area contributed by atoms with Crippen LogP contribution in [0.2, 0.25) is 0 Å². The smallest absolute Gasteiger partial charge is 0.303 e. The first-order valence-electron chi connectivity index (χ1n) is 6.22. The highest BCUT2D eigenvalue weighted by Gasteiger charge is 2.08. The van der Waals surface area contributed by atoms with E-state index in [2.05, 4.69) is 29.3 Å². The molecular formula is C14H16N2O3. The third-order valence-electron chi connectivity index (χ3n) is 2.93. The average Bonchev–Trinajstić information content (AvgIpc) is 2.83. The molecule has 1 aromatic heterocycles. The number of aryl methyl sites for hydroxylation is 4. The third-order valence-corrected chi connectivity index (χ3v) is 2.93. The molecule has 5 nitrogen and oxygen atoms in total. The fraction of sp³-hybridized carbons (Fsp3) is 0.357. The van der Waals surface area contributed by atoms with Gasteiger partial charge in [-0.15, -0.1) is 10.2 Å². The van der Waals surface area contributed by atoms with Gasteiger partial charge in [-0.3, -0.25) is 4.79 Å². The number of carboxylic acid groups (broad SMARTS) is 1. The predicted molar refractivity (Wildman–Crippen MR) is 68.8 cm³/mol. The van der Waals surface area contributed by atoms with Crippen LogP contribution in [0.1, 0.15) is 29.3 Å². The third kappa shape index (κ3) is 3.91. The number of aromatic nitrogens is 2. The number of benzene rings is 1. The van der Waals surface area contributed by atoms with Crippen LogP contribution < -0.4 is 0 Å². The van der Waals surface area contributed by atoms with Crippen molar-refractivity contribution in [2.75, 3.05) is 0 Å². The van der Waals surface area contributed by atoms with Crippen molar-refractivity contribution in [3.63, 3.8) is 0 Å². The van der Waals surface area contributed by atoms with Crippen molar-refractivity contribution >= 4 is 5.97 Å². The Morgan fingerprint density at radius 1 is 1.16 bits per heavy atom. The van der Waals surface area contributed by atoms with Crippen LogP contribution in [0, 0.1) is 6.92 Å². The largest absolute Gasteiger partial charge is 0.481 e. The minimum atomic E-state index is -0.861. The van der Waals surface area contributed by atoms with Gasteiger partial charge in [-0.25, -0.2) is 0 Å². The first kappa shape index (κ1) is 13.3. The Morgan fingerprint density at radius 2 is 1.84 bits per heavy atom. The first-order valence-corrected chi connectivity index (χ1v) is 6.22. The Bertz CT molecular complexity index is 563. The minimum Gasteiger partial charge on any atom is -0.481 e. The van der Waals surface area contributed by atoms with Crippen molar-refractivity contribution in [3.8, 4) is 0 Å². The molecule has 0 unspecified atom stereocenters. The van der Waals surface area contributed by atoms with Gasteiger partial charge < -0.3 is 9.52 Å². The number of hydrogen-bond donors (Lipinski definition) is 1. The zero-order valence-corrected chi connectivity index (χ0v) is 10.8. The lowest BCUT2D eigenvalue weighted by Gasteiger charge is -2.02. The van der Waals surface area contributed by atoms with Gasteiger partial charge in [-0.2, -0.15) is 0 Å². The van der Waals surface area contributed by atoms with E-state index in [0.29, 0.717) is 18.2 Å². The predicted octanol–water partition coefficient (Wildman–Crippen LogP) is 2.18. The minimum absolute atomic E-state index is 0.0133. The molecule has 1 heterocycles. The second-order valence-corrected chi connectivity index (χ2v) is 4.41. The maximum absolute atomic E-state index is 10.4. The Morgan fingerprint density at radius 3 is 2.53 bits per heavy atom. The van der Waals surface area contributed by atoms with E-state index in [0.717, 1.165) is 6.42 Å². The van der Waals surface area contributed by atoms with E-state index in [4.69, 9.17) is 9.52 Å². The molecule has 100 valence electrons. The average molecular weight is 260 g/mol. The Hall–Kier alpha value is -2.17. The van der Waals surface area contributed by atoms with Gasteiger partial charge in [-0.1, -0.05) is 24.3 Å². The lowest BCUT2D eigenvalue weighted by atomic mass is 10.0. The van der Waals surface area contributed by atoms with E-state index in [1.54, 1.807) is 0 Å². The summed E-state index contributed by atoms with van der Waals surface area (Å²) in [5, 5.41) is 16.3. The van der Waals surface area contributed by atoms with E-state index >= 15 is 0 Å². The molecule has 19 heavy (non-hydrogen) atoms. The molecule has 0 amide bonds. The standard InChI is InChI=1S/C14H16N2O3/c1-10-4-2-3-5-11(10)6-7-12-15-16-13(19-12)8-9-14(17)18/h2-5H,6-9H2,1H3,(H,17,18). The van der Waals surface area contributed by atoms with Crippen LogP contribution in [0.3, 0.4) is 0 Å². The van der Waals surface area contributed by atoms with E-state index in [1.165, 1.54) is 11.1 Å². The van der Waals surface area contributed by atoms with Crippen molar-refractivity contribution in [2.45, 2.75) is 32.6 Å². The molecule has 0 spiro atoms. The van der Waals surface area contributed by atoms with E-state index in [9.17, 15) is 4.79 Å². The van der Waals surface area contributed by atoms with Gasteiger partial charge in [0, 0.05) is 12.8 Å². The van der Waals surface area contributed by atoms with Gasteiger partial charge in [0.05, 0.1) is 6.42 Å². The van der Waals surface area contributed by atoms with Crippen molar-refractivity contribution in [1.29, 1.82) is 0 Å². The Balaban J connectivity index is 1.90. The summed E-state index contributed by atoms with van der Waals surface area (Å²) in [5.41, 5.74) is 2.50. The number of aliphatic carboxylic acids is 1. The molecule has 0 aliphatic carbocycles. The maximum Gasteiger partial charge on any atom is 0.303 e. The second kappa shape index (κ2) is 6.13. The van der Waals surface area contributed by atoms with Crippen LogP contribution >= 0.6 is 0 Å². The quantitative estimate of drug-likeness (QED) is 0.861. The molecule has 0 fully saturated rings. The SMILES string of the molecule is Cc1ccccc1CCc1nnc(CCC(=O)O)o1. The van der Waals surface area contributed by atoms with Crippen LogP contribution in [0.15, 0.2) is 28.7 Å². The number of rotatable bonds is 6. The van der Waals surface area contributed by atoms with Crippen LogP contribution in [0.4, 0.5) is 0 Å². The van der Waals surface area contributed by atoms with E-state index < -0.39 is 5.97 Å². The number of carboxylic acids is 1. The zero-order chi connectivity index (χ0) is 13.7. The summed E-state index contributed by atoms with van der Waals surface area (Å²) in [5.74, 6) is 0.0884. The monoisotopic (exact) mass is 260 g/mol. The van der Waals surface area contributed by atoms with Crippen LogP contribution in [0.25, 0.3) is 0 Å². The Kier molecular flexibility index (Phi) is 4.28. The van der Waals surface area contributed by atoms with Crippen LogP contribution in [-0.4, -0.2) is 21.3 Å². The number of nitrogens with zero attached hydrogens (tertiary/aromatic N) is 2. The Labute approximate surface area is 111 Å². The summed E-state index contributed by atoms with van der Waals surface area (Å²) in [7, 11) is 0. The fourth-order valence-corrected chi connectivity index (χ4v) is 1.84. The summed E-state index contributed by atoms with van der Waals surface area (Å²) < 4.78 is 5.41. The van der Waals surface area contributed by atoms with Gasteiger partial charge in [0.15, 0.2) is 0 Å². The van der Waals surface area contributed by atoms with Crippen molar-refractivity contribution in [1.82, 2.24) is 10.2 Å². The van der Waals surface area contributed by atoms with Gasteiger partial charge in [0.1, 0.15) is 0 Å². The second-order valence-electron chi connectivity index (χ2n) is 4.41. The van der Waals surface area contributed by atoms with Gasteiger partial charge >= 0.3 is 5.97 Å². The molecule has 1 N–H and O–H groups in total. The molecule has 2 rings (SSSR count). The molecule has 0 bridgehead atoms. The molecule has 0 aliphatic rings. The topological polar surface area (TPSA) is 76.2 Å². The molecule has 1 aromatic carbocycles. The summed E-state index contributed by atoms with van der Waals surface area (Å²) in [6.45, 7) is 2.07. The molecule has 0 atom stereocenters. The zero-order valence-electron chi connectivity index (χ0n) is 10.8. The highest BCUT2D eigenvalue weighted by atomic mass is 16.4. The first-order chi connectivity index (χ1) is 9.15. The summed E-state index contributed by atoms with van der Waals surface area (Å²) >= 11 is 0. The number of carbonyl (C=O) groups is 1. The molecular weight excluding hydrogens is 244 g/mol. The summed E-state index contributed by atoms with van der Waals surface area (Å²) in [6, 6.07) is 8.17. The highest BCUT2D eigenvalue weighted by Crippen LogP contribution is 2.11. The highest BCUT2D eigenvalue weighted by molar-refractivity contribution is 5.66. The van der Waals surface area contributed by atoms with Crippen LogP contribution in [-0.2, 0) is 24.1 Å². The lowest BCUT2D eigenvalue weighted by molar-refractivity contribution is -0.137. The maximum atomic E-state index is 10.4. The fourth-order valence-electron chi connectivity index (χ4n) is 1.84. The summed E-state index contributed by atoms with van der Waals surface area (Å²) in [6.07, 6.45) is 1.81. The van der Waals surface area contributed by atoms with E-state index in [1.807, 2.05) is 12.1 Å². The van der Waals surface area contributed by atoms with E-state index in [-0.39, 0.29) is 12.8 Å². The van der Waals surface area contributed by atoms with Crippen molar-refractivity contribution in [2.24, 2.45) is 0 Å². The molecule has 0 saturated carbocycles. The van der Waals surface area contributed by atoms with Crippen molar-refractivity contribution < 1.29 is 14.3 Å². The normalized spacial score (nSPS) is 10.6. The molecule has 5 heteroatoms. The van der Waals surface area contributed by atoms with Crippen molar-refractivity contribution in [3.05, 3.63) is 47.2 Å². The summed E-state index contributed by atoms with van der Waals surface area (Å²) in [4.78, 5) is 10.4. The van der Waals surface area contributed by atoms with Gasteiger partial charge in [0.2, 0.25) is 11.8 Å². The molecule has 2 aromatic rings.